The first-order valence-electron chi connectivity index (χ1n) is 6.92. The number of alkyl carbamates (subject to hydrolysis) is 1. The molecule has 3 N–H and O–H groups in total. The number of carbonyl (C=O) groups excluding carboxylic acids is 1. The lowest BCUT2D eigenvalue weighted by atomic mass is 10.0. The molecule has 0 aromatic heterocycles. The number of anilines is 1. The topological polar surface area (TPSA) is 73.6 Å². The third-order valence-electron chi connectivity index (χ3n) is 3.32. The smallest absolute Gasteiger partial charge is 0.408 e. The molecule has 0 spiro atoms. The highest BCUT2D eigenvalue weighted by molar-refractivity contribution is 5.69. The minimum absolute atomic E-state index is 0.226. The molecule has 2 aromatic rings. The van der Waals surface area contributed by atoms with E-state index in [1.807, 2.05) is 30.3 Å². The molecule has 0 unspecified atom stereocenters. The van der Waals surface area contributed by atoms with Crippen LogP contribution in [0.15, 0.2) is 60.9 Å². The van der Waals surface area contributed by atoms with Gasteiger partial charge in [-0.25, -0.2) is 4.79 Å². The number of nitrogen functional groups attached to an aromatic ring is 1. The van der Waals surface area contributed by atoms with Crippen LogP contribution >= 0.6 is 0 Å². The second-order valence-electron chi connectivity index (χ2n) is 4.93. The normalized spacial score (nSPS) is 15.5. The molecule has 0 bridgehead atoms. The van der Waals surface area contributed by atoms with E-state index in [1.54, 1.807) is 30.5 Å². The van der Waals surface area contributed by atoms with E-state index in [4.69, 9.17) is 15.2 Å². The molecule has 22 heavy (non-hydrogen) atoms. The SMILES string of the molecule is Nc1ccc2c(c1)[C@H](NC(=O)OCc1ccccc1)C=CO2. The largest absolute Gasteiger partial charge is 0.465 e. The first-order chi connectivity index (χ1) is 10.7. The number of rotatable bonds is 3. The molecule has 0 radical (unpaired) electrons. The number of nitrogens with one attached hydrogen (secondary N) is 1. The van der Waals surface area contributed by atoms with Crippen molar-refractivity contribution in [1.82, 2.24) is 5.32 Å². The molecule has 5 heteroatoms. The van der Waals surface area contributed by atoms with Gasteiger partial charge in [-0.15, -0.1) is 0 Å². The maximum Gasteiger partial charge on any atom is 0.408 e. The minimum atomic E-state index is -0.492. The lowest BCUT2D eigenvalue weighted by molar-refractivity contribution is 0.137. The van der Waals surface area contributed by atoms with Crippen LogP contribution < -0.4 is 15.8 Å². The highest BCUT2D eigenvalue weighted by Gasteiger charge is 2.20. The van der Waals surface area contributed by atoms with Crippen LogP contribution in [-0.4, -0.2) is 6.09 Å². The summed E-state index contributed by atoms with van der Waals surface area (Å²) in [6.45, 7) is 0.226. The van der Waals surface area contributed by atoms with E-state index < -0.39 is 6.09 Å². The van der Waals surface area contributed by atoms with Gasteiger partial charge >= 0.3 is 6.09 Å². The van der Waals surface area contributed by atoms with E-state index in [0.29, 0.717) is 11.4 Å². The fourth-order valence-electron chi connectivity index (χ4n) is 2.23. The summed E-state index contributed by atoms with van der Waals surface area (Å²) >= 11 is 0. The molecular weight excluding hydrogens is 280 g/mol. The van der Waals surface area contributed by atoms with Gasteiger partial charge in [0.25, 0.3) is 0 Å². The van der Waals surface area contributed by atoms with Gasteiger partial charge in [0, 0.05) is 11.3 Å². The quantitative estimate of drug-likeness (QED) is 0.853. The minimum Gasteiger partial charge on any atom is -0.465 e. The Morgan fingerprint density at radius 2 is 2.05 bits per heavy atom. The van der Waals surface area contributed by atoms with Crippen molar-refractivity contribution in [3.8, 4) is 5.75 Å². The number of hydrogen-bond acceptors (Lipinski definition) is 4. The molecule has 0 saturated carbocycles. The molecule has 0 saturated heterocycles. The van der Waals surface area contributed by atoms with E-state index in [-0.39, 0.29) is 12.6 Å². The number of nitrogens with two attached hydrogens (primary N) is 1. The summed E-state index contributed by atoms with van der Waals surface area (Å²) in [7, 11) is 0. The Hall–Kier alpha value is -2.95. The summed E-state index contributed by atoms with van der Waals surface area (Å²) < 4.78 is 10.6. The Morgan fingerprint density at radius 3 is 2.86 bits per heavy atom. The molecule has 112 valence electrons. The number of ether oxygens (including phenoxy) is 2. The van der Waals surface area contributed by atoms with Gasteiger partial charge in [0.15, 0.2) is 0 Å². The Bertz CT molecular complexity index is 698. The van der Waals surface area contributed by atoms with Crippen molar-refractivity contribution >= 4 is 11.8 Å². The Kier molecular flexibility index (Phi) is 3.96. The van der Waals surface area contributed by atoms with Crippen LogP contribution in [-0.2, 0) is 11.3 Å². The highest BCUT2D eigenvalue weighted by Crippen LogP contribution is 2.31. The summed E-state index contributed by atoms with van der Waals surface area (Å²) in [6.07, 6.45) is 2.79. The van der Waals surface area contributed by atoms with Crippen molar-refractivity contribution in [3.63, 3.8) is 0 Å². The Morgan fingerprint density at radius 1 is 1.23 bits per heavy atom. The fourth-order valence-corrected chi connectivity index (χ4v) is 2.23. The van der Waals surface area contributed by atoms with Crippen molar-refractivity contribution < 1.29 is 14.3 Å². The first-order valence-corrected chi connectivity index (χ1v) is 6.92. The second kappa shape index (κ2) is 6.22. The van der Waals surface area contributed by atoms with E-state index in [1.165, 1.54) is 0 Å². The third kappa shape index (κ3) is 3.20. The second-order valence-corrected chi connectivity index (χ2v) is 4.93. The van der Waals surface area contributed by atoms with Crippen molar-refractivity contribution in [2.24, 2.45) is 0 Å². The van der Waals surface area contributed by atoms with Crippen LogP contribution in [0.2, 0.25) is 0 Å². The standard InChI is InChI=1S/C17H16N2O3/c18-13-6-7-16-14(10-13)15(8-9-21-16)19-17(20)22-11-12-4-2-1-3-5-12/h1-10,15H,11,18H2,(H,19,20)/t15-/m1/s1. The van der Waals surface area contributed by atoms with Crippen LogP contribution in [0, 0.1) is 0 Å². The molecule has 0 fully saturated rings. The zero-order valence-corrected chi connectivity index (χ0v) is 11.9. The predicted octanol–water partition coefficient (Wildman–Crippen LogP) is 3.14. The van der Waals surface area contributed by atoms with Crippen molar-refractivity contribution in [3.05, 3.63) is 72.0 Å². The monoisotopic (exact) mass is 296 g/mol. The number of hydrogen-bond donors (Lipinski definition) is 2. The van der Waals surface area contributed by atoms with Crippen LogP contribution in [0.25, 0.3) is 0 Å². The van der Waals surface area contributed by atoms with Crippen molar-refractivity contribution in [2.45, 2.75) is 12.6 Å². The summed E-state index contributed by atoms with van der Waals surface area (Å²) in [5.74, 6) is 0.671. The number of benzene rings is 2. The van der Waals surface area contributed by atoms with Gasteiger partial charge < -0.3 is 20.5 Å². The molecule has 1 amide bonds. The van der Waals surface area contributed by atoms with Gasteiger partial charge in [0.2, 0.25) is 0 Å². The van der Waals surface area contributed by atoms with Crippen LogP contribution in [0.4, 0.5) is 10.5 Å². The molecule has 1 aliphatic heterocycles. The van der Waals surface area contributed by atoms with Crippen molar-refractivity contribution in [1.29, 1.82) is 0 Å². The third-order valence-corrected chi connectivity index (χ3v) is 3.32. The lowest BCUT2D eigenvalue weighted by Gasteiger charge is -2.22. The molecule has 3 rings (SSSR count). The van der Waals surface area contributed by atoms with E-state index in [9.17, 15) is 4.79 Å². The maximum absolute atomic E-state index is 11.9. The molecule has 1 aliphatic rings. The summed E-state index contributed by atoms with van der Waals surface area (Å²) in [5, 5.41) is 2.79. The molecule has 1 atom stereocenters. The van der Waals surface area contributed by atoms with Gasteiger partial charge in [-0.3, -0.25) is 0 Å². The van der Waals surface area contributed by atoms with Crippen LogP contribution in [0.5, 0.6) is 5.75 Å². The average molecular weight is 296 g/mol. The number of carbonyl (C=O) groups is 1. The van der Waals surface area contributed by atoms with E-state index in [0.717, 1.165) is 11.1 Å². The summed E-state index contributed by atoms with van der Waals surface area (Å²) in [5.41, 5.74) is 8.14. The fraction of sp³-hybridized carbons (Fsp3) is 0.118. The zero-order chi connectivity index (χ0) is 15.4. The molecule has 1 heterocycles. The van der Waals surface area contributed by atoms with Crippen molar-refractivity contribution in [2.75, 3.05) is 5.73 Å². The van der Waals surface area contributed by atoms with Crippen LogP contribution in [0.1, 0.15) is 17.2 Å². The number of fused-ring (bicyclic) bond motifs is 1. The Labute approximate surface area is 128 Å². The van der Waals surface area contributed by atoms with Gasteiger partial charge in [-0.1, -0.05) is 30.3 Å². The zero-order valence-electron chi connectivity index (χ0n) is 11.9. The van der Waals surface area contributed by atoms with Gasteiger partial charge in [-0.05, 0) is 29.8 Å². The van der Waals surface area contributed by atoms with Gasteiger partial charge in [0.05, 0.1) is 12.3 Å². The van der Waals surface area contributed by atoms with E-state index >= 15 is 0 Å². The molecule has 0 aliphatic carbocycles. The van der Waals surface area contributed by atoms with Gasteiger partial charge in [-0.2, -0.15) is 0 Å². The van der Waals surface area contributed by atoms with E-state index in [2.05, 4.69) is 5.32 Å². The lowest BCUT2D eigenvalue weighted by Crippen LogP contribution is -2.29. The average Bonchev–Trinajstić information content (AvgIpc) is 2.54. The molecule has 5 nitrogen and oxygen atoms in total. The summed E-state index contributed by atoms with van der Waals surface area (Å²) in [6, 6.07) is 14.5. The first kappa shape index (κ1) is 14.0. The summed E-state index contributed by atoms with van der Waals surface area (Å²) in [4.78, 5) is 11.9. The highest BCUT2D eigenvalue weighted by atomic mass is 16.5. The predicted molar refractivity (Wildman–Crippen MR) is 83.1 cm³/mol. The number of amides is 1. The van der Waals surface area contributed by atoms with Gasteiger partial charge in [0.1, 0.15) is 12.4 Å². The Balaban J connectivity index is 1.63. The molecule has 2 aromatic carbocycles. The maximum atomic E-state index is 11.9. The molecular formula is C17H16N2O3. The van der Waals surface area contributed by atoms with Crippen LogP contribution in [0.3, 0.4) is 0 Å².